The Morgan fingerprint density at radius 1 is 1.26 bits per heavy atom. The predicted octanol–water partition coefficient (Wildman–Crippen LogP) is 0.678. The molecular weight excluding hydrogens is 344 g/mol. The molecule has 0 saturated carbocycles. The Balaban J connectivity index is 1.42. The number of amides is 3. The van der Waals surface area contributed by atoms with Gasteiger partial charge in [-0.05, 0) is 49.9 Å². The first-order valence-electron chi connectivity index (χ1n) is 9.76. The van der Waals surface area contributed by atoms with E-state index in [0.29, 0.717) is 37.2 Å². The number of nitrogens with zero attached hydrogens (tertiary/aromatic N) is 1. The van der Waals surface area contributed by atoms with Crippen LogP contribution in [-0.2, 0) is 22.7 Å². The number of hydrogen-bond donors (Lipinski definition) is 3. The van der Waals surface area contributed by atoms with Crippen molar-refractivity contribution < 1.29 is 14.4 Å². The minimum Gasteiger partial charge on any atom is -0.322 e. The highest BCUT2D eigenvalue weighted by Crippen LogP contribution is 2.28. The van der Waals surface area contributed by atoms with Crippen molar-refractivity contribution in [3.05, 3.63) is 34.9 Å². The molecule has 1 aromatic carbocycles. The van der Waals surface area contributed by atoms with Crippen LogP contribution in [0.1, 0.15) is 54.1 Å². The van der Waals surface area contributed by atoms with Crippen LogP contribution in [0.25, 0.3) is 0 Å². The van der Waals surface area contributed by atoms with Crippen LogP contribution in [0.3, 0.4) is 0 Å². The van der Waals surface area contributed by atoms with E-state index in [0.717, 1.165) is 17.7 Å². The molecule has 2 unspecified atom stereocenters. The maximum atomic E-state index is 12.9. The summed E-state index contributed by atoms with van der Waals surface area (Å²) < 4.78 is 0. The minimum atomic E-state index is -0.558. The van der Waals surface area contributed by atoms with Crippen molar-refractivity contribution in [2.45, 2.75) is 63.8 Å². The third-order valence-electron chi connectivity index (χ3n) is 5.92. The monoisotopic (exact) mass is 370 g/mol. The van der Waals surface area contributed by atoms with Gasteiger partial charge >= 0.3 is 0 Å². The Labute approximate surface area is 158 Å². The molecule has 0 radical (unpaired) electrons. The fourth-order valence-electron chi connectivity index (χ4n) is 4.27. The van der Waals surface area contributed by atoms with Crippen molar-refractivity contribution in [3.8, 4) is 0 Å². The van der Waals surface area contributed by atoms with Crippen molar-refractivity contribution in [3.63, 3.8) is 0 Å². The smallest absolute Gasteiger partial charge is 0.255 e. The molecule has 3 aliphatic heterocycles. The highest BCUT2D eigenvalue weighted by atomic mass is 16.2. The standard InChI is InChI=1S/C20H26N4O3/c1-12(16-3-2-8-21-16)22-10-13-4-5-14-11-24(20(27)15(14)9-13)17-6-7-18(25)23-19(17)26/h4-5,9,12,16-17,21-22H,2-3,6-8,10-11H2,1H3,(H,23,25,26)/t12?,16-,17?/m1/s1. The summed E-state index contributed by atoms with van der Waals surface area (Å²) in [7, 11) is 0. The fraction of sp³-hybridized carbons (Fsp3) is 0.550. The van der Waals surface area contributed by atoms with E-state index in [1.165, 1.54) is 12.8 Å². The molecule has 7 nitrogen and oxygen atoms in total. The normalized spacial score (nSPS) is 26.3. The third kappa shape index (κ3) is 3.61. The van der Waals surface area contributed by atoms with Gasteiger partial charge in [-0.1, -0.05) is 12.1 Å². The molecule has 7 heteroatoms. The molecule has 2 saturated heterocycles. The first-order valence-corrected chi connectivity index (χ1v) is 9.76. The maximum Gasteiger partial charge on any atom is 0.255 e. The molecule has 3 heterocycles. The number of carbonyl (C=O) groups excluding carboxylic acids is 3. The van der Waals surface area contributed by atoms with Crippen LogP contribution < -0.4 is 16.0 Å². The Kier molecular flexibility index (Phi) is 4.97. The molecule has 4 rings (SSSR count). The van der Waals surface area contributed by atoms with Crippen molar-refractivity contribution in [2.75, 3.05) is 6.54 Å². The Morgan fingerprint density at radius 2 is 2.11 bits per heavy atom. The number of hydrogen-bond acceptors (Lipinski definition) is 5. The van der Waals surface area contributed by atoms with Gasteiger partial charge in [0.1, 0.15) is 6.04 Å². The van der Waals surface area contributed by atoms with Gasteiger partial charge in [-0.3, -0.25) is 19.7 Å². The summed E-state index contributed by atoms with van der Waals surface area (Å²) in [5.74, 6) is -0.751. The Morgan fingerprint density at radius 3 is 2.85 bits per heavy atom. The quantitative estimate of drug-likeness (QED) is 0.663. The summed E-state index contributed by atoms with van der Waals surface area (Å²) in [5.41, 5.74) is 2.68. The number of fused-ring (bicyclic) bond motifs is 1. The minimum absolute atomic E-state index is 0.119. The van der Waals surface area contributed by atoms with Gasteiger partial charge in [-0.25, -0.2) is 0 Å². The number of rotatable bonds is 5. The molecule has 2 fully saturated rings. The van der Waals surface area contributed by atoms with E-state index in [1.54, 1.807) is 4.90 Å². The van der Waals surface area contributed by atoms with Gasteiger partial charge in [-0.15, -0.1) is 0 Å². The molecule has 3 atom stereocenters. The first kappa shape index (κ1) is 18.1. The van der Waals surface area contributed by atoms with E-state index in [4.69, 9.17) is 0 Å². The van der Waals surface area contributed by atoms with Crippen molar-refractivity contribution >= 4 is 17.7 Å². The highest BCUT2D eigenvalue weighted by Gasteiger charge is 2.39. The number of imide groups is 1. The molecule has 3 N–H and O–H groups in total. The van der Waals surface area contributed by atoms with Crippen LogP contribution >= 0.6 is 0 Å². The van der Waals surface area contributed by atoms with Gasteiger partial charge in [0.2, 0.25) is 11.8 Å². The van der Waals surface area contributed by atoms with Gasteiger partial charge in [0.25, 0.3) is 5.91 Å². The van der Waals surface area contributed by atoms with Crippen LogP contribution in [0.15, 0.2) is 18.2 Å². The number of nitrogens with one attached hydrogen (secondary N) is 3. The van der Waals surface area contributed by atoms with Crippen molar-refractivity contribution in [1.29, 1.82) is 0 Å². The van der Waals surface area contributed by atoms with Crippen molar-refractivity contribution in [2.24, 2.45) is 0 Å². The molecule has 3 amide bonds. The lowest BCUT2D eigenvalue weighted by atomic mass is 10.0. The zero-order valence-corrected chi connectivity index (χ0v) is 15.6. The second-order valence-corrected chi connectivity index (χ2v) is 7.76. The second-order valence-electron chi connectivity index (χ2n) is 7.76. The van der Waals surface area contributed by atoms with Crippen LogP contribution in [0.2, 0.25) is 0 Å². The van der Waals surface area contributed by atoms with Crippen molar-refractivity contribution in [1.82, 2.24) is 20.9 Å². The lowest BCUT2D eigenvalue weighted by molar-refractivity contribution is -0.136. The van der Waals surface area contributed by atoms with Crippen LogP contribution in [-0.4, -0.2) is 47.3 Å². The second kappa shape index (κ2) is 7.40. The van der Waals surface area contributed by atoms with Crippen LogP contribution in [0.5, 0.6) is 0 Å². The summed E-state index contributed by atoms with van der Waals surface area (Å²) in [5, 5.41) is 9.39. The van der Waals surface area contributed by atoms with Gasteiger partial charge in [0, 0.05) is 37.2 Å². The molecule has 0 aliphatic carbocycles. The van der Waals surface area contributed by atoms with E-state index in [2.05, 4.69) is 22.9 Å². The van der Waals surface area contributed by atoms with E-state index >= 15 is 0 Å². The molecule has 0 aromatic heterocycles. The van der Waals surface area contributed by atoms with E-state index in [9.17, 15) is 14.4 Å². The first-order chi connectivity index (χ1) is 13.0. The maximum absolute atomic E-state index is 12.9. The number of benzene rings is 1. The van der Waals surface area contributed by atoms with Gasteiger partial charge in [-0.2, -0.15) is 0 Å². The van der Waals surface area contributed by atoms with Gasteiger partial charge in [0.15, 0.2) is 0 Å². The Hall–Kier alpha value is -2.25. The average Bonchev–Trinajstić information content (AvgIpc) is 3.29. The van der Waals surface area contributed by atoms with Crippen LogP contribution in [0, 0.1) is 0 Å². The highest BCUT2D eigenvalue weighted by molar-refractivity contribution is 6.05. The summed E-state index contributed by atoms with van der Waals surface area (Å²) in [4.78, 5) is 37.9. The summed E-state index contributed by atoms with van der Waals surface area (Å²) >= 11 is 0. The topological polar surface area (TPSA) is 90.5 Å². The predicted molar refractivity (Wildman–Crippen MR) is 99.8 cm³/mol. The van der Waals surface area contributed by atoms with Gasteiger partial charge < -0.3 is 15.5 Å². The fourth-order valence-corrected chi connectivity index (χ4v) is 4.27. The summed E-state index contributed by atoms with van der Waals surface area (Å²) in [6.45, 7) is 4.40. The molecule has 1 aromatic rings. The Bertz CT molecular complexity index is 772. The van der Waals surface area contributed by atoms with E-state index in [-0.39, 0.29) is 24.1 Å². The zero-order chi connectivity index (χ0) is 19.0. The van der Waals surface area contributed by atoms with Gasteiger partial charge in [0.05, 0.1) is 0 Å². The summed E-state index contributed by atoms with van der Waals surface area (Å²) in [6.07, 6.45) is 3.08. The van der Waals surface area contributed by atoms with E-state index in [1.807, 2.05) is 18.2 Å². The van der Waals surface area contributed by atoms with Crippen LogP contribution in [0.4, 0.5) is 0 Å². The number of piperidine rings is 1. The third-order valence-corrected chi connectivity index (χ3v) is 5.92. The molecule has 27 heavy (non-hydrogen) atoms. The molecular formula is C20H26N4O3. The largest absolute Gasteiger partial charge is 0.322 e. The molecule has 0 bridgehead atoms. The lowest BCUT2D eigenvalue weighted by Gasteiger charge is -2.29. The average molecular weight is 370 g/mol. The summed E-state index contributed by atoms with van der Waals surface area (Å²) in [6, 6.07) is 6.28. The number of carbonyl (C=O) groups is 3. The van der Waals surface area contributed by atoms with E-state index < -0.39 is 6.04 Å². The lowest BCUT2D eigenvalue weighted by Crippen LogP contribution is -2.52. The zero-order valence-electron chi connectivity index (χ0n) is 15.6. The SMILES string of the molecule is CC(NCc1ccc2c(c1)C(=O)N(C1CCC(=O)NC1=O)C2)[C@H]1CCCN1. The molecule has 3 aliphatic rings. The molecule has 0 spiro atoms. The molecule has 144 valence electrons.